The van der Waals surface area contributed by atoms with Gasteiger partial charge in [0.25, 0.3) is 5.91 Å². The molecule has 0 radical (unpaired) electrons. The quantitative estimate of drug-likeness (QED) is 0.628. The number of carbonyl (C=O) groups excluding carboxylic acids is 1. The van der Waals surface area contributed by atoms with Gasteiger partial charge >= 0.3 is 5.69 Å². The van der Waals surface area contributed by atoms with Crippen LogP contribution in [0.2, 0.25) is 0 Å². The minimum atomic E-state index is -1.85. The maximum atomic E-state index is 13.8. The van der Waals surface area contributed by atoms with E-state index >= 15 is 0 Å². The molecule has 0 bridgehead atoms. The molecule has 0 aliphatic carbocycles. The molecule has 0 aliphatic heterocycles. The zero-order valence-corrected chi connectivity index (χ0v) is 12.8. The third-order valence-electron chi connectivity index (χ3n) is 3.44. The zero-order chi connectivity index (χ0) is 18.1. The third kappa shape index (κ3) is 3.38. The number of benzene rings is 1. The number of halogens is 2. The van der Waals surface area contributed by atoms with Crippen LogP contribution in [0.15, 0.2) is 24.4 Å². The van der Waals surface area contributed by atoms with Crippen molar-refractivity contribution in [3.63, 3.8) is 0 Å². The van der Waals surface area contributed by atoms with Crippen LogP contribution in [0.1, 0.15) is 23.0 Å². The highest BCUT2D eigenvalue weighted by Gasteiger charge is 2.30. The van der Waals surface area contributed by atoms with Crippen LogP contribution in [-0.4, -0.2) is 32.3 Å². The molecule has 1 unspecified atom stereocenters. The molecular weight excluding hydrogens is 326 g/mol. The second kappa shape index (κ2) is 6.32. The minimum Gasteiger partial charge on any atom is -0.383 e. The van der Waals surface area contributed by atoms with Crippen molar-refractivity contribution in [1.29, 1.82) is 0 Å². The van der Waals surface area contributed by atoms with E-state index in [2.05, 4.69) is 10.4 Å². The number of aliphatic hydroxyl groups is 1. The minimum absolute atomic E-state index is 0.219. The molecule has 0 saturated heterocycles. The largest absolute Gasteiger partial charge is 0.383 e. The van der Waals surface area contributed by atoms with Gasteiger partial charge in [-0.25, -0.2) is 8.78 Å². The van der Waals surface area contributed by atoms with Crippen molar-refractivity contribution < 1.29 is 23.6 Å². The lowest BCUT2D eigenvalue weighted by Gasteiger charge is -2.24. The fourth-order valence-electron chi connectivity index (χ4n) is 2.18. The van der Waals surface area contributed by atoms with Gasteiger partial charge in [0.1, 0.15) is 23.4 Å². The zero-order valence-electron chi connectivity index (χ0n) is 12.8. The molecule has 0 fully saturated rings. The topological polar surface area (TPSA) is 110 Å². The van der Waals surface area contributed by atoms with Crippen molar-refractivity contribution in [3.8, 4) is 0 Å². The molecule has 10 heteroatoms. The SMILES string of the molecule is Cn1ncc([N+](=O)[O-])c1C(=O)NCC(C)(O)c1ccc(F)cc1F. The molecule has 128 valence electrons. The van der Waals surface area contributed by atoms with Gasteiger partial charge in [0.05, 0.1) is 11.5 Å². The molecule has 24 heavy (non-hydrogen) atoms. The Kier molecular flexibility index (Phi) is 4.60. The van der Waals surface area contributed by atoms with Crippen LogP contribution in [0.4, 0.5) is 14.5 Å². The summed E-state index contributed by atoms with van der Waals surface area (Å²) in [6.45, 7) is 0.776. The molecular formula is C14H14F2N4O4. The highest BCUT2D eigenvalue weighted by Crippen LogP contribution is 2.24. The van der Waals surface area contributed by atoms with Gasteiger partial charge < -0.3 is 10.4 Å². The Bertz CT molecular complexity index is 804. The molecule has 0 saturated carbocycles. The van der Waals surface area contributed by atoms with E-state index < -0.39 is 40.3 Å². The fraction of sp³-hybridized carbons (Fsp3) is 0.286. The molecule has 1 aromatic carbocycles. The molecule has 0 aliphatic rings. The number of nitrogens with one attached hydrogen (secondary N) is 1. The second-order valence-electron chi connectivity index (χ2n) is 5.34. The summed E-state index contributed by atoms with van der Waals surface area (Å²) in [5, 5.41) is 27.1. The van der Waals surface area contributed by atoms with E-state index in [1.165, 1.54) is 14.0 Å². The van der Waals surface area contributed by atoms with E-state index in [1.54, 1.807) is 0 Å². The van der Waals surface area contributed by atoms with E-state index in [0.717, 1.165) is 23.0 Å². The third-order valence-corrected chi connectivity index (χ3v) is 3.44. The van der Waals surface area contributed by atoms with Gasteiger partial charge in [-0.15, -0.1) is 0 Å². The average Bonchev–Trinajstić information content (AvgIpc) is 2.86. The van der Waals surface area contributed by atoms with Crippen LogP contribution in [0.3, 0.4) is 0 Å². The first-order valence-electron chi connectivity index (χ1n) is 6.76. The molecule has 8 nitrogen and oxygen atoms in total. The van der Waals surface area contributed by atoms with E-state index in [1.807, 2.05) is 0 Å². The number of hydrogen-bond acceptors (Lipinski definition) is 5. The normalized spacial score (nSPS) is 13.4. The summed E-state index contributed by atoms with van der Waals surface area (Å²) in [5.74, 6) is -2.63. The number of hydrogen-bond donors (Lipinski definition) is 2. The van der Waals surface area contributed by atoms with Crippen LogP contribution in [-0.2, 0) is 12.6 Å². The summed E-state index contributed by atoms with van der Waals surface area (Å²) in [6.07, 6.45) is 0.923. The maximum Gasteiger partial charge on any atom is 0.320 e. The number of nitro groups is 1. The maximum absolute atomic E-state index is 13.8. The van der Waals surface area contributed by atoms with Crippen LogP contribution in [0, 0.1) is 21.7 Å². The van der Waals surface area contributed by atoms with E-state index in [-0.39, 0.29) is 11.3 Å². The van der Waals surface area contributed by atoms with Gasteiger partial charge in [0, 0.05) is 18.7 Å². The Balaban J connectivity index is 2.19. The highest BCUT2D eigenvalue weighted by molar-refractivity contribution is 5.96. The summed E-state index contributed by atoms with van der Waals surface area (Å²) in [4.78, 5) is 22.2. The molecule has 2 N–H and O–H groups in total. The van der Waals surface area contributed by atoms with Gasteiger partial charge in [0.15, 0.2) is 0 Å². The summed E-state index contributed by atoms with van der Waals surface area (Å²) in [5.41, 5.74) is -2.87. The van der Waals surface area contributed by atoms with Crippen LogP contribution < -0.4 is 5.32 Å². The molecule has 2 aromatic rings. The second-order valence-corrected chi connectivity index (χ2v) is 5.34. The Hall–Kier alpha value is -2.88. The summed E-state index contributed by atoms with van der Waals surface area (Å²) < 4.78 is 27.7. The monoisotopic (exact) mass is 340 g/mol. The first-order valence-corrected chi connectivity index (χ1v) is 6.76. The van der Waals surface area contributed by atoms with Crippen LogP contribution in [0.25, 0.3) is 0 Å². The summed E-state index contributed by atoms with van der Waals surface area (Å²) in [6, 6.07) is 2.64. The fourth-order valence-corrected chi connectivity index (χ4v) is 2.18. The van der Waals surface area contributed by atoms with Crippen molar-refractivity contribution in [2.24, 2.45) is 7.05 Å². The smallest absolute Gasteiger partial charge is 0.320 e. The van der Waals surface area contributed by atoms with Crippen molar-refractivity contribution in [1.82, 2.24) is 15.1 Å². The first-order chi connectivity index (χ1) is 11.1. The van der Waals surface area contributed by atoms with Gasteiger partial charge in [0.2, 0.25) is 5.69 Å². The standard InChI is InChI=1S/C14H14F2N4O4/c1-14(22,9-4-3-8(15)5-10(9)16)7-17-13(21)12-11(20(23)24)6-18-19(12)2/h3-6,22H,7H2,1-2H3,(H,17,21). The molecule has 0 spiro atoms. The van der Waals surface area contributed by atoms with Crippen LogP contribution in [0.5, 0.6) is 0 Å². The predicted molar refractivity (Wildman–Crippen MR) is 78.1 cm³/mol. The van der Waals surface area contributed by atoms with Gasteiger partial charge in [-0.3, -0.25) is 19.6 Å². The Labute approximate surface area is 134 Å². The van der Waals surface area contributed by atoms with Gasteiger partial charge in [-0.2, -0.15) is 5.10 Å². The Morgan fingerprint density at radius 3 is 2.75 bits per heavy atom. The lowest BCUT2D eigenvalue weighted by atomic mass is 9.95. The molecule has 1 amide bonds. The highest BCUT2D eigenvalue weighted by atomic mass is 19.1. The summed E-state index contributed by atoms with van der Waals surface area (Å²) in [7, 11) is 1.35. The van der Waals surface area contributed by atoms with Crippen molar-refractivity contribution in [3.05, 3.63) is 57.4 Å². The van der Waals surface area contributed by atoms with Crippen LogP contribution >= 0.6 is 0 Å². The van der Waals surface area contributed by atoms with E-state index in [4.69, 9.17) is 0 Å². The van der Waals surface area contributed by atoms with Gasteiger partial charge in [-0.1, -0.05) is 6.07 Å². The summed E-state index contributed by atoms with van der Waals surface area (Å²) >= 11 is 0. The number of carbonyl (C=O) groups is 1. The number of amides is 1. The number of rotatable bonds is 5. The Morgan fingerprint density at radius 1 is 1.50 bits per heavy atom. The number of nitrogens with zero attached hydrogens (tertiary/aromatic N) is 3. The molecule has 1 heterocycles. The van der Waals surface area contributed by atoms with E-state index in [9.17, 15) is 28.8 Å². The molecule has 1 atom stereocenters. The van der Waals surface area contributed by atoms with Crippen molar-refractivity contribution in [2.75, 3.05) is 6.54 Å². The average molecular weight is 340 g/mol. The lowest BCUT2D eigenvalue weighted by molar-refractivity contribution is -0.385. The molecule has 2 rings (SSSR count). The first kappa shape index (κ1) is 17.5. The number of aryl methyl sites for hydroxylation is 1. The van der Waals surface area contributed by atoms with Gasteiger partial charge in [-0.05, 0) is 13.0 Å². The lowest BCUT2D eigenvalue weighted by Crippen LogP contribution is -2.40. The molecule has 1 aromatic heterocycles. The number of aromatic nitrogens is 2. The predicted octanol–water partition coefficient (Wildman–Crippen LogP) is 1.24. The Morgan fingerprint density at radius 2 is 2.17 bits per heavy atom. The van der Waals surface area contributed by atoms with Crippen molar-refractivity contribution >= 4 is 11.6 Å². The van der Waals surface area contributed by atoms with Crippen molar-refractivity contribution in [2.45, 2.75) is 12.5 Å². The van der Waals surface area contributed by atoms with E-state index in [0.29, 0.717) is 6.07 Å².